The van der Waals surface area contributed by atoms with Gasteiger partial charge < -0.3 is 0 Å². The third-order valence-electron chi connectivity index (χ3n) is 5.32. The molecule has 2 aromatic carbocycles. The SMILES string of the molecule is O=S(=O)(c1ccccc1)c1cc2cc(Br)sc2cn1.O=S(=O)(c1ccccc1)c1cc2ccsc2cn1.[B]=NS. The summed E-state index contributed by atoms with van der Waals surface area (Å²) in [6.07, 6.45) is 3.20. The summed E-state index contributed by atoms with van der Waals surface area (Å²) in [5, 5.41) is 3.88. The van der Waals surface area contributed by atoms with Crippen LogP contribution < -0.4 is 0 Å². The fourth-order valence-corrected chi connectivity index (χ4v) is 8.18. The number of hydrogen-bond donors (Lipinski definition) is 1. The average Bonchev–Trinajstić information content (AvgIpc) is 3.59. The average molecular weight is 687 g/mol. The second-order valence-corrected chi connectivity index (χ2v) is 15.3. The molecule has 0 aliphatic rings. The van der Waals surface area contributed by atoms with E-state index in [0.717, 1.165) is 24.0 Å². The van der Waals surface area contributed by atoms with Crippen molar-refractivity contribution < 1.29 is 16.8 Å². The fourth-order valence-electron chi connectivity index (χ4n) is 3.48. The van der Waals surface area contributed by atoms with E-state index in [2.05, 4.69) is 50.7 Å². The van der Waals surface area contributed by atoms with Gasteiger partial charge in [-0.3, -0.25) is 0 Å². The summed E-state index contributed by atoms with van der Waals surface area (Å²) in [5.41, 5.74) is 0. The van der Waals surface area contributed by atoms with Gasteiger partial charge in [-0.1, -0.05) is 36.4 Å². The normalized spacial score (nSPS) is 11.2. The van der Waals surface area contributed by atoms with Crippen LogP contribution in [0.4, 0.5) is 0 Å². The van der Waals surface area contributed by atoms with Crippen molar-refractivity contribution in [3.05, 3.63) is 106 Å². The molecule has 0 atom stereocenters. The van der Waals surface area contributed by atoms with Crippen LogP contribution in [0.3, 0.4) is 0 Å². The van der Waals surface area contributed by atoms with Gasteiger partial charge in [-0.15, -0.1) is 22.7 Å². The third kappa shape index (κ3) is 6.93. The molecule has 0 aliphatic carbocycles. The molecule has 40 heavy (non-hydrogen) atoms. The number of aromatic nitrogens is 2. The third-order valence-corrected chi connectivity index (χ3v) is 11.1. The number of pyridine rings is 2. The van der Waals surface area contributed by atoms with Crippen molar-refractivity contribution in [3.63, 3.8) is 0 Å². The number of rotatable bonds is 4. The van der Waals surface area contributed by atoms with Crippen LogP contribution >= 0.6 is 51.4 Å². The molecule has 0 N–H and O–H groups in total. The zero-order valence-electron chi connectivity index (χ0n) is 20.3. The summed E-state index contributed by atoms with van der Waals surface area (Å²) in [6, 6.07) is 23.7. The summed E-state index contributed by atoms with van der Waals surface area (Å²) < 4.78 is 55.1. The molecule has 0 bridgehead atoms. The summed E-state index contributed by atoms with van der Waals surface area (Å²) in [6.45, 7) is 0. The van der Waals surface area contributed by atoms with Gasteiger partial charge >= 0.3 is 24.8 Å². The molecule has 7 nitrogen and oxygen atoms in total. The topological polar surface area (TPSA) is 106 Å². The molecule has 1 radical (unpaired) electrons. The van der Waals surface area contributed by atoms with E-state index < -0.39 is 19.7 Å². The summed E-state index contributed by atoms with van der Waals surface area (Å²) >= 11 is 9.65. The number of hydrogen-bond acceptors (Lipinski definition) is 10. The van der Waals surface area contributed by atoms with E-state index in [1.807, 2.05) is 17.5 Å². The number of benzene rings is 2. The van der Waals surface area contributed by atoms with Gasteiger partial charge in [-0.25, -0.2) is 26.8 Å². The molecule has 0 amide bonds. The van der Waals surface area contributed by atoms with E-state index in [-0.39, 0.29) is 19.8 Å². The van der Waals surface area contributed by atoms with Gasteiger partial charge in [0.05, 0.1) is 23.0 Å². The molecule has 201 valence electrons. The Balaban J connectivity index is 0.000000169. The number of thiophene rings is 2. The number of thiol groups is 1. The first-order valence-electron chi connectivity index (χ1n) is 11.2. The van der Waals surface area contributed by atoms with Crippen molar-refractivity contribution >= 4 is 98.9 Å². The Hall–Kier alpha value is -2.75. The number of halogens is 1. The minimum absolute atomic E-state index is 0.0801. The van der Waals surface area contributed by atoms with E-state index >= 15 is 0 Å². The van der Waals surface area contributed by atoms with Crippen LogP contribution in [0, 0.1) is 0 Å². The van der Waals surface area contributed by atoms with E-state index in [0.29, 0.717) is 0 Å². The fraction of sp³-hybridized carbons (Fsp3) is 0. The summed E-state index contributed by atoms with van der Waals surface area (Å²) in [4.78, 5) is 8.65. The van der Waals surface area contributed by atoms with Gasteiger partial charge in [-0.2, -0.15) is 0 Å². The van der Waals surface area contributed by atoms with Gasteiger partial charge in [0.1, 0.15) is 0 Å². The van der Waals surface area contributed by atoms with Crippen LogP contribution in [0.1, 0.15) is 0 Å². The number of nitrogens with zero attached hydrogens (tertiary/aromatic N) is 3. The zero-order valence-corrected chi connectivity index (χ0v) is 26.1. The van der Waals surface area contributed by atoms with Gasteiger partial charge in [0.25, 0.3) is 0 Å². The molecule has 4 aromatic heterocycles. The summed E-state index contributed by atoms with van der Waals surface area (Å²) in [5.74, 6) is 0. The monoisotopic (exact) mass is 686 g/mol. The molecule has 0 saturated heterocycles. The van der Waals surface area contributed by atoms with Gasteiger partial charge in [-0.05, 0) is 80.6 Å². The Labute approximate surface area is 254 Å². The van der Waals surface area contributed by atoms with Gasteiger partial charge in [0.15, 0.2) is 10.1 Å². The van der Waals surface area contributed by atoms with Crippen LogP contribution in [0.5, 0.6) is 0 Å². The molecule has 6 rings (SSSR count). The Kier molecular flexibility index (Phi) is 10.0. The van der Waals surface area contributed by atoms with Crippen LogP contribution in [0.15, 0.2) is 131 Å². The van der Waals surface area contributed by atoms with Crippen molar-refractivity contribution in [1.82, 2.24) is 9.97 Å². The molecular formula is C26H18BBrN3O4S5. The Bertz CT molecular complexity index is 1980. The molecule has 0 unspecified atom stereocenters. The van der Waals surface area contributed by atoms with Crippen molar-refractivity contribution in [2.24, 2.45) is 4.30 Å². The van der Waals surface area contributed by atoms with E-state index in [1.165, 1.54) is 11.3 Å². The predicted octanol–water partition coefficient (Wildman–Crippen LogP) is 7.20. The second kappa shape index (κ2) is 13.3. The number of fused-ring (bicyclic) bond motifs is 2. The maximum absolute atomic E-state index is 12.4. The maximum atomic E-state index is 12.4. The first-order chi connectivity index (χ1) is 19.2. The van der Waals surface area contributed by atoms with E-state index in [4.69, 9.17) is 0 Å². The van der Waals surface area contributed by atoms with E-state index in [9.17, 15) is 16.8 Å². The first kappa shape index (κ1) is 30.2. The zero-order chi connectivity index (χ0) is 28.8. The molecule has 0 fully saturated rings. The number of sulfone groups is 2. The van der Waals surface area contributed by atoms with Gasteiger partial charge in [0.2, 0.25) is 19.7 Å². The Morgan fingerprint density at radius 2 is 1.20 bits per heavy atom. The van der Waals surface area contributed by atoms with Crippen LogP contribution in [-0.4, -0.2) is 34.4 Å². The van der Waals surface area contributed by atoms with Crippen molar-refractivity contribution in [3.8, 4) is 0 Å². The molecule has 0 saturated carbocycles. The van der Waals surface area contributed by atoms with Crippen molar-refractivity contribution in [2.45, 2.75) is 19.8 Å². The van der Waals surface area contributed by atoms with Gasteiger partial charge in [0, 0.05) is 12.4 Å². The Morgan fingerprint density at radius 3 is 1.73 bits per heavy atom. The quantitative estimate of drug-likeness (QED) is 0.155. The van der Waals surface area contributed by atoms with Crippen molar-refractivity contribution in [1.29, 1.82) is 0 Å². The van der Waals surface area contributed by atoms with E-state index in [1.54, 1.807) is 96.5 Å². The molecule has 0 aliphatic heterocycles. The van der Waals surface area contributed by atoms with Crippen LogP contribution in [-0.2, 0) is 19.7 Å². The summed E-state index contributed by atoms with van der Waals surface area (Å²) in [7, 11) is -2.72. The molecule has 0 spiro atoms. The van der Waals surface area contributed by atoms with Crippen molar-refractivity contribution in [2.75, 3.05) is 0 Å². The minimum atomic E-state index is -3.54. The molecular weight excluding hydrogens is 669 g/mol. The van der Waals surface area contributed by atoms with Crippen LogP contribution in [0.25, 0.3) is 20.2 Å². The first-order valence-corrected chi connectivity index (χ1v) is 17.1. The predicted molar refractivity (Wildman–Crippen MR) is 168 cm³/mol. The standard InChI is InChI=1S/C13H8BrNO2S2.C13H9NO2S2.BHNS/c14-12-6-9-7-13(15-8-11(9)18-12)19(16,17)10-4-2-1-3-5-10;15-18(16,11-4-2-1-3-5-11)13-8-10-6-7-17-12(10)9-14-13;1-2-3/h1-8H;1-9H;3H. The molecule has 6 aromatic rings. The Morgan fingerprint density at radius 1 is 0.725 bits per heavy atom. The molecule has 14 heteroatoms. The van der Waals surface area contributed by atoms with Crippen LogP contribution in [0.2, 0.25) is 0 Å². The second-order valence-electron chi connectivity index (χ2n) is 7.84. The molecule has 4 heterocycles.